The Morgan fingerprint density at radius 1 is 1.44 bits per heavy atom. The molecule has 0 spiro atoms. The molecule has 1 saturated heterocycles. The highest BCUT2D eigenvalue weighted by molar-refractivity contribution is 6.08. The van der Waals surface area contributed by atoms with Gasteiger partial charge in [0.15, 0.2) is 0 Å². The average molecular weight is 254 g/mol. The molecular formula is C13H26N4O. The number of guanidine groups is 1. The van der Waals surface area contributed by atoms with Gasteiger partial charge in [0.05, 0.1) is 0 Å². The highest BCUT2D eigenvalue weighted by Gasteiger charge is 2.46. The summed E-state index contributed by atoms with van der Waals surface area (Å²) in [6.07, 6.45) is 0.823. The van der Waals surface area contributed by atoms with E-state index in [0.717, 1.165) is 13.0 Å². The predicted molar refractivity (Wildman–Crippen MR) is 74.6 cm³/mol. The number of nitrogens with zero attached hydrogens (tertiary/aromatic N) is 3. The highest BCUT2D eigenvalue weighted by Crippen LogP contribution is 2.24. The number of likely N-dealkylation sites (N-methyl/N-ethyl adjacent to an activating group) is 1. The lowest BCUT2D eigenvalue weighted by Gasteiger charge is -2.24. The van der Waals surface area contributed by atoms with Crippen LogP contribution in [0.15, 0.2) is 4.99 Å². The van der Waals surface area contributed by atoms with Gasteiger partial charge in [-0.2, -0.15) is 0 Å². The van der Waals surface area contributed by atoms with Crippen LogP contribution in [0.2, 0.25) is 0 Å². The summed E-state index contributed by atoms with van der Waals surface area (Å²) >= 11 is 0. The first-order chi connectivity index (χ1) is 8.30. The second kappa shape index (κ2) is 5.69. The van der Waals surface area contributed by atoms with Gasteiger partial charge >= 0.3 is 0 Å². The Morgan fingerprint density at radius 3 is 2.50 bits per heavy atom. The summed E-state index contributed by atoms with van der Waals surface area (Å²) in [6, 6.07) is 0. The minimum Gasteiger partial charge on any atom is -0.342 e. The number of carbonyl (C=O) groups excluding carboxylic acids is 1. The fourth-order valence-electron chi connectivity index (χ4n) is 2.40. The molecule has 1 rings (SSSR count). The third-order valence-electron chi connectivity index (χ3n) is 3.16. The third kappa shape index (κ3) is 3.22. The average Bonchev–Trinajstić information content (AvgIpc) is 2.47. The molecule has 0 aromatic carbocycles. The monoisotopic (exact) mass is 254 g/mol. The zero-order chi connectivity index (χ0) is 13.9. The van der Waals surface area contributed by atoms with Crippen molar-refractivity contribution in [2.75, 3.05) is 34.2 Å². The lowest BCUT2D eigenvalue weighted by atomic mass is 9.91. The Balaban J connectivity index is 2.82. The molecule has 0 radical (unpaired) electrons. The van der Waals surface area contributed by atoms with Crippen LogP contribution < -0.4 is 5.32 Å². The molecule has 0 saturated carbocycles. The van der Waals surface area contributed by atoms with Crippen molar-refractivity contribution in [1.82, 2.24) is 15.1 Å². The molecule has 1 N–H and O–H groups in total. The molecule has 0 aromatic rings. The van der Waals surface area contributed by atoms with Gasteiger partial charge in [-0.1, -0.05) is 13.8 Å². The fourth-order valence-corrected chi connectivity index (χ4v) is 2.40. The molecule has 0 bridgehead atoms. The maximum Gasteiger partial charge on any atom is 0.254 e. The zero-order valence-corrected chi connectivity index (χ0v) is 12.4. The summed E-state index contributed by atoms with van der Waals surface area (Å²) in [7, 11) is 5.73. The molecular weight excluding hydrogens is 228 g/mol. The summed E-state index contributed by atoms with van der Waals surface area (Å²) in [6.45, 7) is 7.75. The first-order valence-corrected chi connectivity index (χ1v) is 6.52. The molecule has 5 heteroatoms. The molecule has 1 aliphatic heterocycles. The molecule has 0 aromatic heterocycles. The van der Waals surface area contributed by atoms with Crippen LogP contribution in [0.4, 0.5) is 0 Å². The van der Waals surface area contributed by atoms with Crippen molar-refractivity contribution in [3.63, 3.8) is 0 Å². The van der Waals surface area contributed by atoms with Gasteiger partial charge in [0.25, 0.3) is 5.91 Å². The van der Waals surface area contributed by atoms with Gasteiger partial charge in [-0.3, -0.25) is 14.7 Å². The topological polar surface area (TPSA) is 47.9 Å². The Kier molecular flexibility index (Phi) is 4.73. The fraction of sp³-hybridized carbons (Fsp3) is 0.846. The minimum atomic E-state index is -0.505. The summed E-state index contributed by atoms with van der Waals surface area (Å²) in [5.41, 5.74) is -0.505. The van der Waals surface area contributed by atoms with Crippen LogP contribution in [0.1, 0.15) is 27.2 Å². The zero-order valence-electron chi connectivity index (χ0n) is 12.4. The first kappa shape index (κ1) is 15.0. The van der Waals surface area contributed by atoms with E-state index in [9.17, 15) is 4.79 Å². The molecule has 18 heavy (non-hydrogen) atoms. The molecule has 1 aliphatic rings. The molecule has 1 heterocycles. The SMILES string of the molecule is C/N=C1/NC(C)(CC(C)C)C(=O)N1CCN(C)C. The second-order valence-electron chi connectivity index (χ2n) is 5.86. The summed E-state index contributed by atoms with van der Waals surface area (Å²) < 4.78 is 0. The van der Waals surface area contributed by atoms with Crippen molar-refractivity contribution in [3.8, 4) is 0 Å². The van der Waals surface area contributed by atoms with Crippen LogP contribution in [-0.2, 0) is 4.79 Å². The van der Waals surface area contributed by atoms with Crippen molar-refractivity contribution in [2.45, 2.75) is 32.7 Å². The van der Waals surface area contributed by atoms with E-state index >= 15 is 0 Å². The van der Waals surface area contributed by atoms with Gasteiger partial charge in [-0.05, 0) is 33.4 Å². The maximum atomic E-state index is 12.5. The minimum absolute atomic E-state index is 0.138. The summed E-state index contributed by atoms with van der Waals surface area (Å²) in [5.74, 6) is 1.31. The van der Waals surface area contributed by atoms with E-state index in [4.69, 9.17) is 0 Å². The van der Waals surface area contributed by atoms with E-state index in [1.807, 2.05) is 21.0 Å². The van der Waals surface area contributed by atoms with E-state index in [2.05, 4.69) is 29.1 Å². The standard InChI is InChI=1S/C13H26N4O/c1-10(2)9-13(3)11(18)17(8-7-16(5)6)12(14-4)15-13/h10H,7-9H2,1-6H3,(H,14,15). The number of hydrogen-bond donors (Lipinski definition) is 1. The van der Waals surface area contributed by atoms with E-state index in [-0.39, 0.29) is 5.91 Å². The molecule has 5 nitrogen and oxygen atoms in total. The van der Waals surface area contributed by atoms with Gasteiger partial charge < -0.3 is 10.2 Å². The number of nitrogens with one attached hydrogen (secondary N) is 1. The van der Waals surface area contributed by atoms with Gasteiger partial charge in [0, 0.05) is 20.1 Å². The van der Waals surface area contributed by atoms with Crippen molar-refractivity contribution in [3.05, 3.63) is 0 Å². The molecule has 1 fully saturated rings. The Bertz CT molecular complexity index is 338. The Hall–Kier alpha value is -1.10. The first-order valence-electron chi connectivity index (χ1n) is 6.52. The van der Waals surface area contributed by atoms with Crippen LogP contribution in [0.25, 0.3) is 0 Å². The molecule has 0 aliphatic carbocycles. The maximum absolute atomic E-state index is 12.5. The van der Waals surface area contributed by atoms with Gasteiger partial charge in [0.1, 0.15) is 5.54 Å². The van der Waals surface area contributed by atoms with Crippen LogP contribution >= 0.6 is 0 Å². The Morgan fingerprint density at radius 2 is 2.06 bits per heavy atom. The van der Waals surface area contributed by atoms with E-state index in [0.29, 0.717) is 18.4 Å². The normalized spacial score (nSPS) is 26.6. The predicted octanol–water partition coefficient (Wildman–Crippen LogP) is 0.770. The van der Waals surface area contributed by atoms with E-state index < -0.39 is 5.54 Å². The van der Waals surface area contributed by atoms with Crippen LogP contribution in [0, 0.1) is 5.92 Å². The van der Waals surface area contributed by atoms with Gasteiger partial charge in [0.2, 0.25) is 5.96 Å². The lowest BCUT2D eigenvalue weighted by molar-refractivity contribution is -0.131. The number of hydrogen-bond acceptors (Lipinski definition) is 3. The Labute approximate surface area is 110 Å². The van der Waals surface area contributed by atoms with Gasteiger partial charge in [-0.15, -0.1) is 0 Å². The lowest BCUT2D eigenvalue weighted by Crippen LogP contribution is -2.45. The number of amides is 1. The van der Waals surface area contributed by atoms with Crippen molar-refractivity contribution in [2.24, 2.45) is 10.9 Å². The molecule has 104 valence electrons. The van der Waals surface area contributed by atoms with Crippen molar-refractivity contribution in [1.29, 1.82) is 0 Å². The van der Waals surface area contributed by atoms with Crippen molar-refractivity contribution < 1.29 is 4.79 Å². The smallest absolute Gasteiger partial charge is 0.254 e. The van der Waals surface area contributed by atoms with E-state index in [1.54, 1.807) is 11.9 Å². The van der Waals surface area contributed by atoms with Crippen molar-refractivity contribution >= 4 is 11.9 Å². The summed E-state index contributed by atoms with van der Waals surface area (Å²) in [4.78, 5) is 20.5. The number of rotatable bonds is 5. The van der Waals surface area contributed by atoms with E-state index in [1.165, 1.54) is 0 Å². The van der Waals surface area contributed by atoms with Gasteiger partial charge in [-0.25, -0.2) is 0 Å². The van der Waals surface area contributed by atoms with Crippen LogP contribution in [0.3, 0.4) is 0 Å². The summed E-state index contributed by atoms with van der Waals surface area (Å²) in [5, 5.41) is 3.28. The number of carbonyl (C=O) groups is 1. The quantitative estimate of drug-likeness (QED) is 0.788. The molecule has 1 unspecified atom stereocenters. The number of aliphatic imine (C=N–C) groups is 1. The third-order valence-corrected chi connectivity index (χ3v) is 3.16. The molecule has 1 amide bonds. The second-order valence-corrected chi connectivity index (χ2v) is 5.86. The molecule has 1 atom stereocenters. The highest BCUT2D eigenvalue weighted by atomic mass is 16.2. The largest absolute Gasteiger partial charge is 0.342 e. The van der Waals surface area contributed by atoms with Crippen LogP contribution in [-0.4, -0.2) is 61.4 Å². The van der Waals surface area contributed by atoms with Crippen LogP contribution in [0.5, 0.6) is 0 Å².